The van der Waals surface area contributed by atoms with Crippen molar-refractivity contribution in [1.82, 2.24) is 4.90 Å². The van der Waals surface area contributed by atoms with Crippen molar-refractivity contribution in [2.24, 2.45) is 5.73 Å². The first-order chi connectivity index (χ1) is 7.70. The Morgan fingerprint density at radius 3 is 3.19 bits per heavy atom. The van der Waals surface area contributed by atoms with Crippen LogP contribution in [-0.2, 0) is 4.74 Å². The van der Waals surface area contributed by atoms with E-state index in [4.69, 9.17) is 10.5 Å². The zero-order valence-corrected chi connectivity index (χ0v) is 11.8. The number of hydrogen-bond donors (Lipinski definition) is 1. The van der Waals surface area contributed by atoms with Crippen molar-refractivity contribution >= 4 is 27.3 Å². The van der Waals surface area contributed by atoms with Crippen molar-refractivity contribution in [3.8, 4) is 0 Å². The molecule has 1 aromatic heterocycles. The van der Waals surface area contributed by atoms with E-state index in [2.05, 4.69) is 39.2 Å². The van der Waals surface area contributed by atoms with Crippen LogP contribution in [0, 0.1) is 0 Å². The highest BCUT2D eigenvalue weighted by Crippen LogP contribution is 2.30. The number of rotatable bonds is 3. The van der Waals surface area contributed by atoms with Crippen LogP contribution in [0.1, 0.15) is 17.8 Å². The molecule has 1 aliphatic heterocycles. The smallest absolute Gasteiger partial charge is 0.0824 e. The Morgan fingerprint density at radius 2 is 2.56 bits per heavy atom. The predicted molar refractivity (Wildman–Crippen MR) is 70.8 cm³/mol. The van der Waals surface area contributed by atoms with E-state index in [0.29, 0.717) is 12.6 Å². The van der Waals surface area contributed by atoms with Crippen LogP contribution in [-0.4, -0.2) is 37.2 Å². The largest absolute Gasteiger partial charge is 0.374 e. The summed E-state index contributed by atoms with van der Waals surface area (Å²) < 4.78 is 6.75. The van der Waals surface area contributed by atoms with Gasteiger partial charge in [-0.2, -0.15) is 0 Å². The zero-order valence-electron chi connectivity index (χ0n) is 9.36. The van der Waals surface area contributed by atoms with Gasteiger partial charge in [0.2, 0.25) is 0 Å². The van der Waals surface area contributed by atoms with Gasteiger partial charge in [-0.25, -0.2) is 0 Å². The minimum atomic E-state index is 0.194. The van der Waals surface area contributed by atoms with Gasteiger partial charge in [-0.15, -0.1) is 11.3 Å². The molecule has 0 spiro atoms. The lowest BCUT2D eigenvalue weighted by molar-refractivity contribution is -0.0359. The summed E-state index contributed by atoms with van der Waals surface area (Å²) in [5.74, 6) is 0. The van der Waals surface area contributed by atoms with Gasteiger partial charge in [-0.1, -0.05) is 0 Å². The SMILES string of the molecule is CC(c1cc(Br)cs1)N1CCOC(CN)C1. The van der Waals surface area contributed by atoms with E-state index >= 15 is 0 Å². The van der Waals surface area contributed by atoms with E-state index in [0.717, 1.165) is 19.7 Å². The molecule has 3 nitrogen and oxygen atoms in total. The van der Waals surface area contributed by atoms with E-state index in [9.17, 15) is 0 Å². The molecule has 2 atom stereocenters. The highest BCUT2D eigenvalue weighted by molar-refractivity contribution is 9.10. The standard InChI is InChI=1S/C11H17BrN2OS/c1-8(11-4-9(12)7-16-11)14-2-3-15-10(5-13)6-14/h4,7-8,10H,2-3,5-6,13H2,1H3. The van der Waals surface area contributed by atoms with Crippen molar-refractivity contribution in [1.29, 1.82) is 0 Å². The van der Waals surface area contributed by atoms with Crippen LogP contribution in [0.3, 0.4) is 0 Å². The Morgan fingerprint density at radius 1 is 1.75 bits per heavy atom. The van der Waals surface area contributed by atoms with Crippen LogP contribution in [0.25, 0.3) is 0 Å². The molecule has 0 saturated carbocycles. The molecular formula is C11H17BrN2OS. The number of ether oxygens (including phenoxy) is 1. The third-order valence-electron chi connectivity index (χ3n) is 2.98. The molecule has 1 fully saturated rings. The minimum absolute atomic E-state index is 0.194. The molecule has 1 saturated heterocycles. The molecule has 0 bridgehead atoms. The summed E-state index contributed by atoms with van der Waals surface area (Å²) in [6.45, 7) is 5.58. The van der Waals surface area contributed by atoms with Crippen molar-refractivity contribution in [2.75, 3.05) is 26.2 Å². The Labute approximate surface area is 109 Å². The van der Waals surface area contributed by atoms with Gasteiger partial charge in [0.1, 0.15) is 0 Å². The number of nitrogens with two attached hydrogens (primary N) is 1. The van der Waals surface area contributed by atoms with Gasteiger partial charge in [-0.05, 0) is 28.9 Å². The van der Waals surface area contributed by atoms with E-state index in [1.165, 1.54) is 9.35 Å². The average Bonchev–Trinajstić information content (AvgIpc) is 2.75. The van der Waals surface area contributed by atoms with E-state index in [1.807, 2.05) is 0 Å². The van der Waals surface area contributed by atoms with Crippen LogP contribution >= 0.6 is 27.3 Å². The quantitative estimate of drug-likeness (QED) is 0.931. The molecule has 1 aliphatic rings. The second-order valence-corrected chi connectivity index (χ2v) is 5.93. The summed E-state index contributed by atoms with van der Waals surface area (Å²) in [7, 11) is 0. The summed E-state index contributed by atoms with van der Waals surface area (Å²) in [6.07, 6.45) is 0.194. The molecule has 2 rings (SSSR count). The molecule has 2 N–H and O–H groups in total. The number of hydrogen-bond acceptors (Lipinski definition) is 4. The first-order valence-electron chi connectivity index (χ1n) is 5.50. The molecule has 1 aromatic rings. The monoisotopic (exact) mass is 304 g/mol. The first kappa shape index (κ1) is 12.5. The fraction of sp³-hybridized carbons (Fsp3) is 0.636. The Bertz CT molecular complexity index is 344. The van der Waals surface area contributed by atoms with Crippen LogP contribution in [0.2, 0.25) is 0 Å². The van der Waals surface area contributed by atoms with Crippen LogP contribution in [0.15, 0.2) is 15.9 Å². The number of thiophene rings is 1. The van der Waals surface area contributed by atoms with Crippen LogP contribution in [0.5, 0.6) is 0 Å². The summed E-state index contributed by atoms with van der Waals surface area (Å²) in [5.41, 5.74) is 5.65. The Hall–Kier alpha value is 0.0600. The van der Waals surface area contributed by atoms with Crippen molar-refractivity contribution in [2.45, 2.75) is 19.1 Å². The molecule has 0 aliphatic carbocycles. The molecule has 0 amide bonds. The van der Waals surface area contributed by atoms with Gasteiger partial charge in [0, 0.05) is 40.4 Å². The molecule has 2 heterocycles. The van der Waals surface area contributed by atoms with Gasteiger partial charge < -0.3 is 10.5 Å². The predicted octanol–water partition coefficient (Wildman–Crippen LogP) is 2.23. The maximum Gasteiger partial charge on any atom is 0.0824 e. The fourth-order valence-electron chi connectivity index (χ4n) is 1.96. The highest BCUT2D eigenvalue weighted by atomic mass is 79.9. The third kappa shape index (κ3) is 2.84. The molecule has 0 aromatic carbocycles. The van der Waals surface area contributed by atoms with Crippen molar-refractivity contribution in [3.05, 3.63) is 20.8 Å². The lowest BCUT2D eigenvalue weighted by Crippen LogP contribution is -2.46. The highest BCUT2D eigenvalue weighted by Gasteiger charge is 2.24. The molecule has 90 valence electrons. The fourth-order valence-corrected chi connectivity index (χ4v) is 3.50. The number of nitrogens with zero attached hydrogens (tertiary/aromatic N) is 1. The van der Waals surface area contributed by atoms with E-state index < -0.39 is 0 Å². The van der Waals surface area contributed by atoms with Gasteiger partial charge in [0.15, 0.2) is 0 Å². The van der Waals surface area contributed by atoms with E-state index in [1.54, 1.807) is 11.3 Å². The lowest BCUT2D eigenvalue weighted by atomic mass is 10.2. The summed E-state index contributed by atoms with van der Waals surface area (Å²) in [4.78, 5) is 3.84. The van der Waals surface area contributed by atoms with E-state index in [-0.39, 0.29) is 6.10 Å². The normalized spacial score (nSPS) is 24.6. The number of halogens is 1. The molecule has 2 unspecified atom stereocenters. The van der Waals surface area contributed by atoms with Crippen LogP contribution < -0.4 is 5.73 Å². The molecule has 16 heavy (non-hydrogen) atoms. The Balaban J connectivity index is 2.01. The second kappa shape index (κ2) is 5.60. The number of morpholine rings is 1. The summed E-state index contributed by atoms with van der Waals surface area (Å²) >= 11 is 5.30. The molecule has 5 heteroatoms. The van der Waals surface area contributed by atoms with Gasteiger partial charge in [0.05, 0.1) is 12.7 Å². The van der Waals surface area contributed by atoms with Crippen molar-refractivity contribution < 1.29 is 4.74 Å². The zero-order chi connectivity index (χ0) is 11.5. The maximum absolute atomic E-state index is 5.65. The lowest BCUT2D eigenvalue weighted by Gasteiger charge is -2.36. The minimum Gasteiger partial charge on any atom is -0.374 e. The average molecular weight is 305 g/mol. The first-order valence-corrected chi connectivity index (χ1v) is 7.17. The maximum atomic E-state index is 5.65. The third-order valence-corrected chi connectivity index (χ3v) is 4.84. The second-order valence-electron chi connectivity index (χ2n) is 4.07. The topological polar surface area (TPSA) is 38.5 Å². The van der Waals surface area contributed by atoms with Crippen molar-refractivity contribution in [3.63, 3.8) is 0 Å². The molecule has 0 radical (unpaired) electrons. The molecular weight excluding hydrogens is 288 g/mol. The van der Waals surface area contributed by atoms with Crippen LogP contribution in [0.4, 0.5) is 0 Å². The van der Waals surface area contributed by atoms with Gasteiger partial charge in [0.25, 0.3) is 0 Å². The Kier molecular flexibility index (Phi) is 4.38. The van der Waals surface area contributed by atoms with Gasteiger partial charge in [-0.3, -0.25) is 4.90 Å². The summed E-state index contributed by atoms with van der Waals surface area (Å²) in [6, 6.07) is 2.65. The van der Waals surface area contributed by atoms with Gasteiger partial charge >= 0.3 is 0 Å². The summed E-state index contributed by atoms with van der Waals surface area (Å²) in [5, 5.41) is 2.13.